The quantitative estimate of drug-likeness (QED) is 0.698. The lowest BCUT2D eigenvalue weighted by molar-refractivity contribution is 0.578. The first-order chi connectivity index (χ1) is 10.2. The van der Waals surface area contributed by atoms with Gasteiger partial charge in [0.15, 0.2) is 0 Å². The number of nitrogen functional groups attached to an aromatic ring is 1. The number of nitrogens with two attached hydrogens (primary N) is 1. The molecule has 0 aliphatic carbocycles. The predicted octanol–water partition coefficient (Wildman–Crippen LogP) is 4.27. The molecule has 0 heterocycles. The van der Waals surface area contributed by atoms with Crippen LogP contribution in [0, 0.1) is 0 Å². The van der Waals surface area contributed by atoms with Gasteiger partial charge in [-0.1, -0.05) is 54.6 Å². The molecule has 0 aliphatic rings. The van der Waals surface area contributed by atoms with Gasteiger partial charge in [-0.15, -0.1) is 0 Å². The molecule has 0 amide bonds. The summed E-state index contributed by atoms with van der Waals surface area (Å²) in [7, 11) is 0. The van der Waals surface area contributed by atoms with Crippen LogP contribution in [0.2, 0.25) is 0 Å². The molecule has 0 aliphatic heterocycles. The van der Waals surface area contributed by atoms with Gasteiger partial charge in [-0.05, 0) is 41.0 Å². The van der Waals surface area contributed by atoms with E-state index in [2.05, 4.69) is 60.8 Å². The average Bonchev–Trinajstić information content (AvgIpc) is 2.52. The van der Waals surface area contributed by atoms with Crippen LogP contribution in [0.5, 0.6) is 0 Å². The van der Waals surface area contributed by atoms with Gasteiger partial charge in [-0.2, -0.15) is 0 Å². The smallest absolute Gasteiger partial charge is 0.0317 e. The third-order valence-electron chi connectivity index (χ3n) is 3.85. The fourth-order valence-corrected chi connectivity index (χ4v) is 2.71. The Morgan fingerprint density at radius 1 is 0.952 bits per heavy atom. The Morgan fingerprint density at radius 2 is 1.71 bits per heavy atom. The van der Waals surface area contributed by atoms with Gasteiger partial charge in [0.05, 0.1) is 0 Å². The van der Waals surface area contributed by atoms with Crippen LogP contribution in [0.25, 0.3) is 10.8 Å². The van der Waals surface area contributed by atoms with Gasteiger partial charge in [0.25, 0.3) is 0 Å². The monoisotopic (exact) mass is 276 g/mol. The van der Waals surface area contributed by atoms with Crippen molar-refractivity contribution >= 4 is 16.5 Å². The lowest BCUT2D eigenvalue weighted by atomic mass is 9.99. The topological polar surface area (TPSA) is 38.0 Å². The summed E-state index contributed by atoms with van der Waals surface area (Å²) in [6.07, 6.45) is 0. The highest BCUT2D eigenvalue weighted by molar-refractivity contribution is 5.86. The standard InChI is InChI=1S/C19H20N2/c1-14(21-13-15-6-4-9-17(20)12-15)18-11-5-8-16-7-2-3-10-19(16)18/h2-12,14,21H,13,20H2,1H3. The van der Waals surface area contributed by atoms with Gasteiger partial charge in [0.1, 0.15) is 0 Å². The minimum atomic E-state index is 0.289. The third kappa shape index (κ3) is 3.06. The molecule has 0 aromatic heterocycles. The van der Waals surface area contributed by atoms with E-state index in [-0.39, 0.29) is 6.04 Å². The van der Waals surface area contributed by atoms with Crippen LogP contribution in [-0.4, -0.2) is 0 Å². The molecular formula is C19H20N2. The molecule has 1 atom stereocenters. The van der Waals surface area contributed by atoms with Gasteiger partial charge in [-0.3, -0.25) is 0 Å². The summed E-state index contributed by atoms with van der Waals surface area (Å²) in [6.45, 7) is 3.02. The molecule has 2 nitrogen and oxygen atoms in total. The van der Waals surface area contributed by atoms with Crippen LogP contribution in [0.15, 0.2) is 66.7 Å². The van der Waals surface area contributed by atoms with E-state index in [1.165, 1.54) is 21.9 Å². The van der Waals surface area contributed by atoms with Crippen molar-refractivity contribution in [3.63, 3.8) is 0 Å². The van der Waals surface area contributed by atoms with E-state index in [0.717, 1.165) is 12.2 Å². The molecule has 21 heavy (non-hydrogen) atoms. The fourth-order valence-electron chi connectivity index (χ4n) is 2.71. The highest BCUT2D eigenvalue weighted by atomic mass is 14.9. The first-order valence-electron chi connectivity index (χ1n) is 7.29. The molecule has 3 aromatic carbocycles. The SMILES string of the molecule is CC(NCc1cccc(N)c1)c1cccc2ccccc12. The number of anilines is 1. The van der Waals surface area contributed by atoms with E-state index in [0.29, 0.717) is 0 Å². The van der Waals surface area contributed by atoms with Gasteiger partial charge in [-0.25, -0.2) is 0 Å². The molecule has 0 bridgehead atoms. The first kappa shape index (κ1) is 13.7. The van der Waals surface area contributed by atoms with E-state index in [4.69, 9.17) is 5.73 Å². The van der Waals surface area contributed by atoms with E-state index >= 15 is 0 Å². The summed E-state index contributed by atoms with van der Waals surface area (Å²) in [5.41, 5.74) is 9.18. The first-order valence-corrected chi connectivity index (χ1v) is 7.29. The van der Waals surface area contributed by atoms with Gasteiger partial charge < -0.3 is 11.1 Å². The summed E-state index contributed by atoms with van der Waals surface area (Å²) >= 11 is 0. The molecule has 0 saturated heterocycles. The number of hydrogen-bond donors (Lipinski definition) is 2. The molecule has 3 rings (SSSR count). The highest BCUT2D eigenvalue weighted by Gasteiger charge is 2.08. The normalized spacial score (nSPS) is 12.4. The van der Waals surface area contributed by atoms with Crippen LogP contribution in [0.1, 0.15) is 24.1 Å². The van der Waals surface area contributed by atoms with Gasteiger partial charge in [0.2, 0.25) is 0 Å². The van der Waals surface area contributed by atoms with Crippen molar-refractivity contribution < 1.29 is 0 Å². The van der Waals surface area contributed by atoms with Gasteiger partial charge in [0, 0.05) is 18.3 Å². The summed E-state index contributed by atoms with van der Waals surface area (Å²) in [5.74, 6) is 0. The molecule has 1 unspecified atom stereocenters. The van der Waals surface area contributed by atoms with Crippen LogP contribution in [-0.2, 0) is 6.54 Å². The second-order valence-corrected chi connectivity index (χ2v) is 5.42. The Hall–Kier alpha value is -2.32. The van der Waals surface area contributed by atoms with Crippen molar-refractivity contribution in [1.29, 1.82) is 0 Å². The van der Waals surface area contributed by atoms with Crippen molar-refractivity contribution in [2.24, 2.45) is 0 Å². The maximum absolute atomic E-state index is 5.82. The molecule has 2 heteroatoms. The zero-order valence-corrected chi connectivity index (χ0v) is 12.2. The zero-order chi connectivity index (χ0) is 14.7. The van der Waals surface area contributed by atoms with Gasteiger partial charge >= 0.3 is 0 Å². The number of hydrogen-bond acceptors (Lipinski definition) is 2. The Kier molecular flexibility index (Phi) is 3.89. The summed E-state index contributed by atoms with van der Waals surface area (Å²) < 4.78 is 0. The van der Waals surface area contributed by atoms with Crippen molar-refractivity contribution in [3.05, 3.63) is 77.9 Å². The maximum Gasteiger partial charge on any atom is 0.0317 e. The van der Waals surface area contributed by atoms with Crippen molar-refractivity contribution in [3.8, 4) is 0 Å². The van der Waals surface area contributed by atoms with Crippen molar-refractivity contribution in [2.75, 3.05) is 5.73 Å². The number of nitrogens with one attached hydrogen (secondary N) is 1. The van der Waals surface area contributed by atoms with Crippen LogP contribution < -0.4 is 11.1 Å². The van der Waals surface area contributed by atoms with E-state index in [9.17, 15) is 0 Å². The van der Waals surface area contributed by atoms with Crippen LogP contribution in [0.3, 0.4) is 0 Å². The second-order valence-electron chi connectivity index (χ2n) is 5.42. The maximum atomic E-state index is 5.82. The molecule has 0 radical (unpaired) electrons. The van der Waals surface area contributed by atoms with Crippen LogP contribution >= 0.6 is 0 Å². The minimum absolute atomic E-state index is 0.289. The predicted molar refractivity (Wildman–Crippen MR) is 90.1 cm³/mol. The Labute approximate surface area is 125 Å². The zero-order valence-electron chi connectivity index (χ0n) is 12.2. The largest absolute Gasteiger partial charge is 0.399 e. The second kappa shape index (κ2) is 5.98. The lowest BCUT2D eigenvalue weighted by Gasteiger charge is -2.17. The Bertz CT molecular complexity index is 744. The molecular weight excluding hydrogens is 256 g/mol. The molecule has 3 aromatic rings. The molecule has 0 fully saturated rings. The summed E-state index contributed by atoms with van der Waals surface area (Å²) in [4.78, 5) is 0. The van der Waals surface area contributed by atoms with E-state index < -0.39 is 0 Å². The number of fused-ring (bicyclic) bond motifs is 1. The number of rotatable bonds is 4. The molecule has 0 spiro atoms. The molecule has 106 valence electrons. The van der Waals surface area contributed by atoms with E-state index in [1.807, 2.05) is 18.2 Å². The molecule has 3 N–H and O–H groups in total. The summed E-state index contributed by atoms with van der Waals surface area (Å²) in [5, 5.41) is 6.18. The van der Waals surface area contributed by atoms with E-state index in [1.54, 1.807) is 0 Å². The fraction of sp³-hybridized carbons (Fsp3) is 0.158. The third-order valence-corrected chi connectivity index (χ3v) is 3.85. The Balaban J connectivity index is 1.79. The number of benzene rings is 3. The highest BCUT2D eigenvalue weighted by Crippen LogP contribution is 2.24. The van der Waals surface area contributed by atoms with Crippen molar-refractivity contribution in [1.82, 2.24) is 5.32 Å². The van der Waals surface area contributed by atoms with Crippen LogP contribution in [0.4, 0.5) is 5.69 Å². The van der Waals surface area contributed by atoms with Crippen molar-refractivity contribution in [2.45, 2.75) is 19.5 Å². The Morgan fingerprint density at radius 3 is 2.57 bits per heavy atom. The summed E-state index contributed by atoms with van der Waals surface area (Å²) in [6, 6.07) is 23.3. The lowest BCUT2D eigenvalue weighted by Crippen LogP contribution is -2.18. The average molecular weight is 276 g/mol. The molecule has 0 saturated carbocycles. The minimum Gasteiger partial charge on any atom is -0.399 e.